The number of likely N-dealkylation sites (tertiary alicyclic amines) is 1. The van der Waals surface area contributed by atoms with Gasteiger partial charge in [0.25, 0.3) is 11.5 Å². The minimum Gasteiger partial charge on any atom is -0.454 e. The van der Waals surface area contributed by atoms with Gasteiger partial charge in [-0.15, -0.1) is 0 Å². The molecule has 8 nitrogen and oxygen atoms in total. The second-order valence-corrected chi connectivity index (χ2v) is 9.34. The molecule has 1 N–H and O–H groups in total. The number of hydrogen-bond donors (Lipinski definition) is 1. The van der Waals surface area contributed by atoms with E-state index in [-0.39, 0.29) is 24.2 Å². The summed E-state index contributed by atoms with van der Waals surface area (Å²) in [6.07, 6.45) is 6.68. The fraction of sp³-hybridized carbons (Fsp3) is 0.542. The van der Waals surface area contributed by atoms with Crippen LogP contribution in [0, 0.1) is 0 Å². The molecule has 1 aromatic heterocycles. The van der Waals surface area contributed by atoms with E-state index in [0.717, 1.165) is 43.0 Å². The standard InChI is InChI=1S/C24H28N4O4/c29-23-18-8-10-27(17-3-1-2-4-17)13-19(18)25-22(26-23)16-7-9-28(12-16)24(30)15-5-6-20-21(11-15)32-14-31-20/h5-6,11,16-17H,1-4,7-10,12-14H2,(H,25,26,29). The van der Waals surface area contributed by atoms with Gasteiger partial charge in [-0.1, -0.05) is 12.8 Å². The molecular formula is C24H28N4O4. The molecule has 1 saturated heterocycles. The summed E-state index contributed by atoms with van der Waals surface area (Å²) in [5.41, 5.74) is 2.36. The Morgan fingerprint density at radius 3 is 2.81 bits per heavy atom. The molecule has 6 rings (SSSR count). The Balaban J connectivity index is 1.19. The van der Waals surface area contributed by atoms with Crippen molar-refractivity contribution in [3.8, 4) is 11.5 Å². The number of aromatic amines is 1. The molecule has 2 aromatic rings. The van der Waals surface area contributed by atoms with Gasteiger partial charge in [0.05, 0.1) is 5.69 Å². The highest BCUT2D eigenvalue weighted by atomic mass is 16.7. The van der Waals surface area contributed by atoms with Crippen molar-refractivity contribution in [2.75, 3.05) is 26.4 Å². The summed E-state index contributed by atoms with van der Waals surface area (Å²) in [5.74, 6) is 2.02. The lowest BCUT2D eigenvalue weighted by Crippen LogP contribution is -2.41. The molecule has 2 fully saturated rings. The highest BCUT2D eigenvalue weighted by molar-refractivity contribution is 5.95. The van der Waals surface area contributed by atoms with Crippen molar-refractivity contribution in [2.45, 2.75) is 57.0 Å². The molecule has 0 bridgehead atoms. The Kier molecular flexibility index (Phi) is 4.90. The Bertz CT molecular complexity index is 1110. The van der Waals surface area contributed by atoms with Crippen LogP contribution in [0.3, 0.4) is 0 Å². The van der Waals surface area contributed by atoms with Gasteiger partial charge in [-0.2, -0.15) is 0 Å². The number of ether oxygens (including phenoxy) is 2. The van der Waals surface area contributed by atoms with Gasteiger partial charge in [0, 0.05) is 49.3 Å². The predicted octanol–water partition coefficient (Wildman–Crippen LogP) is 2.43. The average molecular weight is 437 g/mol. The monoisotopic (exact) mass is 436 g/mol. The van der Waals surface area contributed by atoms with Gasteiger partial charge in [0.15, 0.2) is 11.5 Å². The maximum atomic E-state index is 13.0. The maximum Gasteiger partial charge on any atom is 0.254 e. The first-order chi connectivity index (χ1) is 15.7. The van der Waals surface area contributed by atoms with Crippen LogP contribution in [0.15, 0.2) is 23.0 Å². The first-order valence-corrected chi connectivity index (χ1v) is 11.7. The molecule has 0 radical (unpaired) electrons. The largest absolute Gasteiger partial charge is 0.454 e. The van der Waals surface area contributed by atoms with Crippen LogP contribution in [-0.2, 0) is 13.0 Å². The number of fused-ring (bicyclic) bond motifs is 2. The summed E-state index contributed by atoms with van der Waals surface area (Å²) >= 11 is 0. The van der Waals surface area contributed by atoms with Gasteiger partial charge in [0.1, 0.15) is 5.82 Å². The normalized spacial score (nSPS) is 23.0. The third kappa shape index (κ3) is 3.46. The SMILES string of the molecule is O=C(c1ccc2c(c1)OCO2)N1CCC(c2nc3c(c(=O)[nH]2)CCN(C2CCCC2)C3)C1. The third-order valence-corrected chi connectivity index (χ3v) is 7.44. The van der Waals surface area contributed by atoms with E-state index in [1.165, 1.54) is 25.7 Å². The van der Waals surface area contributed by atoms with Crippen molar-refractivity contribution in [3.05, 3.63) is 51.2 Å². The maximum absolute atomic E-state index is 13.0. The second-order valence-electron chi connectivity index (χ2n) is 9.34. The molecule has 32 heavy (non-hydrogen) atoms. The highest BCUT2D eigenvalue weighted by Gasteiger charge is 2.33. The molecule has 4 heterocycles. The zero-order valence-electron chi connectivity index (χ0n) is 18.1. The molecule has 1 aliphatic carbocycles. The van der Waals surface area contributed by atoms with Crippen LogP contribution < -0.4 is 15.0 Å². The molecule has 8 heteroatoms. The van der Waals surface area contributed by atoms with Crippen molar-refractivity contribution in [1.82, 2.24) is 19.8 Å². The highest BCUT2D eigenvalue weighted by Crippen LogP contribution is 2.34. The van der Waals surface area contributed by atoms with Gasteiger partial charge < -0.3 is 19.4 Å². The summed E-state index contributed by atoms with van der Waals surface area (Å²) in [7, 11) is 0. The van der Waals surface area contributed by atoms with Gasteiger partial charge in [-0.25, -0.2) is 4.98 Å². The van der Waals surface area contributed by atoms with Crippen molar-refractivity contribution in [3.63, 3.8) is 0 Å². The first-order valence-electron chi connectivity index (χ1n) is 11.7. The van der Waals surface area contributed by atoms with Gasteiger partial charge in [0.2, 0.25) is 6.79 Å². The number of carbonyl (C=O) groups is 1. The number of benzene rings is 1. The molecule has 168 valence electrons. The van der Waals surface area contributed by atoms with Crippen LogP contribution in [0.25, 0.3) is 0 Å². The van der Waals surface area contributed by atoms with Gasteiger partial charge in [-0.3, -0.25) is 14.5 Å². The predicted molar refractivity (Wildman–Crippen MR) is 117 cm³/mol. The topological polar surface area (TPSA) is 87.8 Å². The van der Waals surface area contributed by atoms with Crippen LogP contribution in [0.1, 0.15) is 65.5 Å². The molecule has 1 amide bonds. The number of hydrogen-bond acceptors (Lipinski definition) is 6. The van der Waals surface area contributed by atoms with E-state index in [2.05, 4.69) is 9.88 Å². The van der Waals surface area contributed by atoms with Crippen LogP contribution in [-0.4, -0.2) is 58.1 Å². The van der Waals surface area contributed by atoms with E-state index < -0.39 is 0 Å². The Labute approximate surface area is 186 Å². The minimum absolute atomic E-state index is 0.00313. The second kappa shape index (κ2) is 7.92. The number of amides is 1. The van der Waals surface area contributed by atoms with E-state index in [4.69, 9.17) is 14.5 Å². The van der Waals surface area contributed by atoms with Crippen molar-refractivity contribution in [1.29, 1.82) is 0 Å². The minimum atomic E-state index is -0.0292. The lowest BCUT2D eigenvalue weighted by molar-refractivity contribution is 0.0790. The van der Waals surface area contributed by atoms with E-state index >= 15 is 0 Å². The fourth-order valence-corrected chi connectivity index (χ4v) is 5.63. The molecule has 1 atom stereocenters. The van der Waals surface area contributed by atoms with E-state index in [1.807, 2.05) is 4.90 Å². The van der Waals surface area contributed by atoms with E-state index in [0.29, 0.717) is 36.2 Å². The summed E-state index contributed by atoms with van der Waals surface area (Å²) < 4.78 is 10.7. The summed E-state index contributed by atoms with van der Waals surface area (Å²) in [4.78, 5) is 38.1. The summed E-state index contributed by atoms with van der Waals surface area (Å²) in [5, 5.41) is 0. The lowest BCUT2D eigenvalue weighted by Gasteiger charge is -2.32. The van der Waals surface area contributed by atoms with Gasteiger partial charge >= 0.3 is 0 Å². The number of rotatable bonds is 3. The smallest absolute Gasteiger partial charge is 0.254 e. The summed E-state index contributed by atoms with van der Waals surface area (Å²) in [6, 6.07) is 5.94. The molecule has 3 aliphatic heterocycles. The van der Waals surface area contributed by atoms with Crippen LogP contribution in [0.2, 0.25) is 0 Å². The molecular weight excluding hydrogens is 408 g/mol. The zero-order chi connectivity index (χ0) is 21.7. The Morgan fingerprint density at radius 1 is 1.09 bits per heavy atom. The molecule has 1 aromatic carbocycles. The van der Waals surface area contributed by atoms with Gasteiger partial charge in [-0.05, 0) is 43.9 Å². The summed E-state index contributed by atoms with van der Waals surface area (Å²) in [6.45, 7) is 3.11. The quantitative estimate of drug-likeness (QED) is 0.795. The van der Waals surface area contributed by atoms with E-state index in [9.17, 15) is 9.59 Å². The van der Waals surface area contributed by atoms with Crippen LogP contribution >= 0.6 is 0 Å². The number of aromatic nitrogens is 2. The number of nitrogens with zero attached hydrogens (tertiary/aromatic N) is 3. The molecule has 4 aliphatic rings. The first kappa shape index (κ1) is 19.8. The van der Waals surface area contributed by atoms with E-state index in [1.54, 1.807) is 18.2 Å². The molecule has 1 saturated carbocycles. The molecule has 0 spiro atoms. The average Bonchev–Trinajstić information content (AvgIpc) is 3.59. The van der Waals surface area contributed by atoms with Crippen molar-refractivity contribution in [2.24, 2.45) is 0 Å². The fourth-order valence-electron chi connectivity index (χ4n) is 5.63. The number of nitrogens with one attached hydrogen (secondary N) is 1. The Hall–Kier alpha value is -2.87. The number of carbonyl (C=O) groups excluding carboxylic acids is 1. The van der Waals surface area contributed by atoms with Crippen molar-refractivity contribution >= 4 is 5.91 Å². The zero-order valence-corrected chi connectivity index (χ0v) is 18.1. The van der Waals surface area contributed by atoms with Crippen LogP contribution in [0.5, 0.6) is 11.5 Å². The lowest BCUT2D eigenvalue weighted by atomic mass is 10.0. The third-order valence-electron chi connectivity index (χ3n) is 7.44. The van der Waals surface area contributed by atoms with Crippen LogP contribution in [0.4, 0.5) is 0 Å². The Morgan fingerprint density at radius 2 is 1.94 bits per heavy atom. The number of H-pyrrole nitrogens is 1. The molecule has 1 unspecified atom stereocenters. The van der Waals surface area contributed by atoms with Crippen molar-refractivity contribution < 1.29 is 14.3 Å².